The molecule has 166 valence electrons. The van der Waals surface area contributed by atoms with Gasteiger partial charge in [0.05, 0.1) is 0 Å². The smallest absolute Gasteiger partial charge is 0.276 e. The summed E-state index contributed by atoms with van der Waals surface area (Å²) in [7, 11) is -2.83. The van der Waals surface area contributed by atoms with Crippen LogP contribution in [0.25, 0.3) is 0 Å². The lowest BCUT2D eigenvalue weighted by Crippen LogP contribution is -2.59. The normalized spacial score (nSPS) is 21.9. The Labute approximate surface area is 200 Å². The first-order chi connectivity index (χ1) is 16.6. The molecule has 2 unspecified atom stereocenters. The fourth-order valence-corrected chi connectivity index (χ4v) is 10.4. The molecule has 0 aromatic heterocycles. The fraction of sp³-hybridized carbons (Fsp3) is 0.107. The van der Waals surface area contributed by atoms with Gasteiger partial charge in [-0.1, -0.05) is 90.2 Å². The maximum absolute atomic E-state index is 12.3. The van der Waals surface area contributed by atoms with E-state index in [1.165, 1.54) is 0 Å². The molecule has 0 aliphatic carbocycles. The standard InChI is InChI=1S/C28H24N4OP/c1-27(33)28(30-31-32(27)22-29,23-14-6-2-7-15-23)34(24-16-8-3-9-17-24,25-18-10-4-11-19-25)26-20-12-5-13-21-26/h2-21,33H,1H3/q+1. The lowest BCUT2D eigenvalue weighted by Gasteiger charge is -2.45. The average Bonchev–Trinajstić information content (AvgIpc) is 3.18. The van der Waals surface area contributed by atoms with Crippen molar-refractivity contribution in [3.8, 4) is 6.19 Å². The second-order valence-corrected chi connectivity index (χ2v) is 11.9. The zero-order chi connectivity index (χ0) is 23.7. The van der Waals surface area contributed by atoms with E-state index in [-0.39, 0.29) is 0 Å². The van der Waals surface area contributed by atoms with Gasteiger partial charge in [0.25, 0.3) is 5.28 Å². The lowest BCUT2D eigenvalue weighted by molar-refractivity contribution is -0.0695. The van der Waals surface area contributed by atoms with Crippen molar-refractivity contribution in [3.63, 3.8) is 0 Å². The van der Waals surface area contributed by atoms with Gasteiger partial charge in [-0.15, -0.1) is 10.1 Å². The van der Waals surface area contributed by atoms with Crippen LogP contribution >= 0.6 is 7.26 Å². The summed E-state index contributed by atoms with van der Waals surface area (Å²) >= 11 is 0. The molecule has 0 bridgehead atoms. The minimum atomic E-state index is -2.83. The highest BCUT2D eigenvalue weighted by atomic mass is 31.2. The van der Waals surface area contributed by atoms with Crippen LogP contribution in [0.4, 0.5) is 0 Å². The molecule has 6 heteroatoms. The zero-order valence-electron chi connectivity index (χ0n) is 18.7. The number of rotatable bonds is 5. The molecule has 0 saturated heterocycles. The number of aliphatic hydroxyl groups is 1. The molecule has 0 radical (unpaired) electrons. The second-order valence-electron chi connectivity index (χ2n) is 8.34. The van der Waals surface area contributed by atoms with Crippen molar-refractivity contribution in [2.45, 2.75) is 17.9 Å². The SMILES string of the molecule is CC1(O)N(C#N)N=NC1(c1ccccc1)[P+](c1ccccc1)(c1ccccc1)c1ccccc1. The van der Waals surface area contributed by atoms with E-state index in [2.05, 4.69) is 41.6 Å². The molecular weight excluding hydrogens is 439 g/mol. The molecule has 4 aromatic carbocycles. The van der Waals surface area contributed by atoms with Crippen LogP contribution in [0, 0.1) is 11.5 Å². The van der Waals surface area contributed by atoms with Gasteiger partial charge in [-0.2, -0.15) is 5.26 Å². The van der Waals surface area contributed by atoms with Crippen molar-refractivity contribution >= 4 is 23.2 Å². The quantitative estimate of drug-likeness (QED) is 0.344. The first kappa shape index (κ1) is 22.0. The molecule has 1 N–H and O–H groups in total. The van der Waals surface area contributed by atoms with Crippen molar-refractivity contribution in [1.82, 2.24) is 5.01 Å². The molecule has 4 aromatic rings. The maximum atomic E-state index is 12.3. The van der Waals surface area contributed by atoms with E-state index in [4.69, 9.17) is 5.11 Å². The summed E-state index contributed by atoms with van der Waals surface area (Å²) in [5.41, 5.74) is -0.940. The summed E-state index contributed by atoms with van der Waals surface area (Å²) in [5, 5.41) is 34.2. The van der Waals surface area contributed by atoms with E-state index in [0.29, 0.717) is 0 Å². The third-order valence-electron chi connectivity index (χ3n) is 6.54. The second kappa shape index (κ2) is 8.50. The highest BCUT2D eigenvalue weighted by Gasteiger charge is 2.77. The molecule has 0 amide bonds. The summed E-state index contributed by atoms with van der Waals surface area (Å²) in [4.78, 5) is 0. The number of nitrogens with zero attached hydrogens (tertiary/aromatic N) is 4. The number of benzene rings is 4. The Morgan fingerprint density at radius 3 is 1.44 bits per heavy atom. The van der Waals surface area contributed by atoms with Gasteiger partial charge in [0.2, 0.25) is 11.9 Å². The van der Waals surface area contributed by atoms with Crippen LogP contribution in [0.2, 0.25) is 0 Å². The monoisotopic (exact) mass is 463 g/mol. The molecule has 0 fully saturated rings. The van der Waals surface area contributed by atoms with Gasteiger partial charge >= 0.3 is 0 Å². The molecule has 5 nitrogen and oxygen atoms in total. The van der Waals surface area contributed by atoms with Gasteiger partial charge in [0.1, 0.15) is 15.9 Å². The molecular formula is C28H24N4OP+. The molecule has 34 heavy (non-hydrogen) atoms. The summed E-state index contributed by atoms with van der Waals surface area (Å²) < 4.78 is 0. The molecule has 0 saturated carbocycles. The van der Waals surface area contributed by atoms with Gasteiger partial charge in [0.15, 0.2) is 7.26 Å². The van der Waals surface area contributed by atoms with Gasteiger partial charge < -0.3 is 5.11 Å². The Morgan fingerprint density at radius 1 is 0.706 bits per heavy atom. The topological polar surface area (TPSA) is 72.0 Å². The predicted octanol–water partition coefficient (Wildman–Crippen LogP) is 4.71. The summed E-state index contributed by atoms with van der Waals surface area (Å²) in [6.45, 7) is 1.65. The van der Waals surface area contributed by atoms with E-state index in [9.17, 15) is 10.4 Å². The van der Waals surface area contributed by atoms with Crippen LogP contribution in [-0.2, 0) is 5.28 Å². The van der Waals surface area contributed by atoms with E-state index < -0.39 is 18.3 Å². The van der Waals surface area contributed by atoms with Gasteiger partial charge in [-0.25, -0.2) is 0 Å². The first-order valence-electron chi connectivity index (χ1n) is 11.1. The lowest BCUT2D eigenvalue weighted by atomic mass is 9.97. The van der Waals surface area contributed by atoms with Crippen LogP contribution < -0.4 is 15.9 Å². The Kier molecular flexibility index (Phi) is 5.49. The average molecular weight is 464 g/mol. The molecule has 2 atom stereocenters. The van der Waals surface area contributed by atoms with Crippen molar-refractivity contribution < 1.29 is 5.11 Å². The van der Waals surface area contributed by atoms with Gasteiger partial charge in [0, 0.05) is 5.56 Å². The maximum Gasteiger partial charge on any atom is 0.276 e. The van der Waals surface area contributed by atoms with Crippen molar-refractivity contribution in [1.29, 1.82) is 5.26 Å². The molecule has 1 aliphatic heterocycles. The Balaban J connectivity index is 2.04. The van der Waals surface area contributed by atoms with Crippen LogP contribution in [0.15, 0.2) is 132 Å². The molecule has 1 heterocycles. The highest BCUT2D eigenvalue weighted by molar-refractivity contribution is 7.96. The number of hydrogen-bond donors (Lipinski definition) is 1. The predicted molar refractivity (Wildman–Crippen MR) is 136 cm³/mol. The van der Waals surface area contributed by atoms with E-state index in [1.807, 2.05) is 91.1 Å². The van der Waals surface area contributed by atoms with Gasteiger partial charge in [-0.3, -0.25) is 0 Å². The Hall–Kier alpha value is -3.84. The molecule has 0 spiro atoms. The minimum absolute atomic E-state index is 0.798. The summed E-state index contributed by atoms with van der Waals surface area (Å²) in [6, 6.07) is 40.4. The van der Waals surface area contributed by atoms with Gasteiger partial charge in [-0.05, 0) is 43.3 Å². The summed E-state index contributed by atoms with van der Waals surface area (Å²) in [6.07, 6.45) is 2.05. The zero-order valence-corrected chi connectivity index (χ0v) is 19.6. The van der Waals surface area contributed by atoms with E-state index in [1.54, 1.807) is 6.92 Å². The number of nitriles is 1. The molecule has 1 aliphatic rings. The Bertz CT molecular complexity index is 1240. The molecule has 5 rings (SSSR count). The number of hydrogen-bond acceptors (Lipinski definition) is 5. The highest BCUT2D eigenvalue weighted by Crippen LogP contribution is 2.76. The van der Waals surface area contributed by atoms with E-state index in [0.717, 1.165) is 26.5 Å². The third kappa shape index (κ3) is 2.93. The largest absolute Gasteiger partial charge is 0.363 e. The fourth-order valence-electron chi connectivity index (χ4n) is 5.10. The van der Waals surface area contributed by atoms with Crippen molar-refractivity contribution in [2.24, 2.45) is 10.3 Å². The first-order valence-corrected chi connectivity index (χ1v) is 12.8. The van der Waals surface area contributed by atoms with Crippen LogP contribution in [0.1, 0.15) is 12.5 Å². The van der Waals surface area contributed by atoms with Crippen LogP contribution in [-0.4, -0.2) is 15.8 Å². The summed E-state index contributed by atoms with van der Waals surface area (Å²) in [5.74, 6) is 0. The van der Waals surface area contributed by atoms with E-state index >= 15 is 0 Å². The Morgan fingerprint density at radius 2 is 1.09 bits per heavy atom. The van der Waals surface area contributed by atoms with Crippen LogP contribution in [0.5, 0.6) is 0 Å². The van der Waals surface area contributed by atoms with Crippen LogP contribution in [0.3, 0.4) is 0 Å². The minimum Gasteiger partial charge on any atom is -0.363 e. The van der Waals surface area contributed by atoms with Crippen molar-refractivity contribution in [2.75, 3.05) is 0 Å². The van der Waals surface area contributed by atoms with Crippen molar-refractivity contribution in [3.05, 3.63) is 127 Å². The third-order valence-corrected chi connectivity index (χ3v) is 11.5.